The molecule has 180 valence electrons. The summed E-state index contributed by atoms with van der Waals surface area (Å²) >= 11 is 1.59. The molecule has 0 saturated carbocycles. The summed E-state index contributed by atoms with van der Waals surface area (Å²) in [6.45, 7) is 5.77. The van der Waals surface area contributed by atoms with E-state index in [-0.39, 0.29) is 23.3 Å². The molecule has 0 aliphatic carbocycles. The third-order valence-electron chi connectivity index (χ3n) is 6.05. The summed E-state index contributed by atoms with van der Waals surface area (Å²) in [5.74, 6) is -1.00. The maximum atomic E-state index is 12.8. The fraction of sp³-hybridized carbons (Fsp3) is 0.172. The van der Waals surface area contributed by atoms with Crippen LogP contribution in [0.25, 0.3) is 21.8 Å². The van der Waals surface area contributed by atoms with Gasteiger partial charge in [-0.1, -0.05) is 54.6 Å². The van der Waals surface area contributed by atoms with Gasteiger partial charge in [0.05, 0.1) is 16.8 Å². The van der Waals surface area contributed by atoms with Crippen molar-refractivity contribution in [2.24, 2.45) is 0 Å². The Hall–Kier alpha value is -4.10. The van der Waals surface area contributed by atoms with Crippen LogP contribution in [-0.2, 0) is 6.54 Å². The average Bonchev–Trinajstić information content (AvgIpc) is 3.46. The highest BCUT2D eigenvalue weighted by Crippen LogP contribution is 2.30. The Morgan fingerprint density at radius 3 is 2.28 bits per heavy atom. The van der Waals surface area contributed by atoms with Crippen LogP contribution >= 0.6 is 11.3 Å². The van der Waals surface area contributed by atoms with Gasteiger partial charge in [-0.3, -0.25) is 19.3 Å². The zero-order chi connectivity index (χ0) is 25.4. The van der Waals surface area contributed by atoms with Crippen LogP contribution in [-0.4, -0.2) is 33.1 Å². The Bertz CT molecular complexity index is 1470. The molecule has 6 nitrogen and oxygen atoms in total. The van der Waals surface area contributed by atoms with Crippen molar-refractivity contribution in [3.05, 3.63) is 100 Å². The first-order chi connectivity index (χ1) is 17.2. The van der Waals surface area contributed by atoms with E-state index in [0.717, 1.165) is 27.4 Å². The normalized spacial score (nSPS) is 13.1. The Labute approximate surface area is 213 Å². The minimum atomic E-state index is -0.635. The highest BCUT2D eigenvalue weighted by Gasteiger charge is 2.42. The van der Waals surface area contributed by atoms with Gasteiger partial charge in [0, 0.05) is 34.2 Å². The molecule has 1 aliphatic heterocycles. The molecular weight excluding hydrogens is 470 g/mol. The fourth-order valence-electron chi connectivity index (χ4n) is 4.19. The van der Waals surface area contributed by atoms with Crippen LogP contribution in [0.5, 0.6) is 0 Å². The minimum Gasteiger partial charge on any atom is -0.348 e. The minimum absolute atomic E-state index is 0.269. The second-order valence-corrected chi connectivity index (χ2v) is 10.5. The van der Waals surface area contributed by atoms with Crippen molar-refractivity contribution in [1.29, 1.82) is 0 Å². The molecule has 5 rings (SSSR count). The van der Waals surface area contributed by atoms with Gasteiger partial charge in [-0.15, -0.1) is 11.3 Å². The van der Waals surface area contributed by atoms with E-state index in [2.05, 4.69) is 10.7 Å². The van der Waals surface area contributed by atoms with Crippen LogP contribution in [0.4, 0.5) is 0 Å². The maximum Gasteiger partial charge on any atom is 0.262 e. The number of fused-ring (bicyclic) bond motifs is 1. The van der Waals surface area contributed by atoms with Crippen molar-refractivity contribution in [2.75, 3.05) is 0 Å². The molecule has 1 N–H and O–H groups in total. The molecule has 0 fully saturated rings. The lowest BCUT2D eigenvalue weighted by Crippen LogP contribution is -2.45. The number of imide groups is 1. The van der Waals surface area contributed by atoms with Crippen LogP contribution in [0.15, 0.2) is 78.2 Å². The maximum absolute atomic E-state index is 12.8. The molecule has 1 aromatic heterocycles. The third kappa shape index (κ3) is 4.45. The monoisotopic (exact) mass is 495 g/mol. The van der Waals surface area contributed by atoms with Gasteiger partial charge in [0.1, 0.15) is 5.01 Å². The molecule has 7 heteroatoms. The van der Waals surface area contributed by atoms with Crippen LogP contribution in [0, 0.1) is 0 Å². The van der Waals surface area contributed by atoms with Gasteiger partial charge in [0.25, 0.3) is 17.7 Å². The van der Waals surface area contributed by atoms with Crippen molar-refractivity contribution in [3.8, 4) is 21.8 Å². The topological polar surface area (TPSA) is 79.4 Å². The molecule has 0 spiro atoms. The molecule has 0 saturated heterocycles. The number of nitrogens with zero attached hydrogens (tertiary/aromatic N) is 2. The summed E-state index contributed by atoms with van der Waals surface area (Å²) in [6, 6.07) is 22.6. The lowest BCUT2D eigenvalue weighted by atomic mass is 10.1. The van der Waals surface area contributed by atoms with E-state index in [1.165, 1.54) is 11.0 Å². The molecule has 3 amide bonds. The lowest BCUT2D eigenvalue weighted by Gasteiger charge is -2.29. The van der Waals surface area contributed by atoms with Crippen molar-refractivity contribution in [2.45, 2.75) is 32.9 Å². The lowest BCUT2D eigenvalue weighted by molar-refractivity contribution is 0.0507. The van der Waals surface area contributed by atoms with Crippen LogP contribution in [0.2, 0.25) is 0 Å². The van der Waals surface area contributed by atoms with Crippen LogP contribution in [0.1, 0.15) is 57.4 Å². The first-order valence-corrected chi connectivity index (χ1v) is 12.5. The Morgan fingerprint density at radius 2 is 1.58 bits per heavy atom. The van der Waals surface area contributed by atoms with Gasteiger partial charge in [-0.05, 0) is 44.5 Å². The molecule has 0 unspecified atom stereocenters. The number of carbonyl (C=O) groups is 3. The number of nitrogens with one attached hydrogen (secondary N) is 1. The molecule has 4 aromatic rings. The van der Waals surface area contributed by atoms with E-state index in [9.17, 15) is 14.4 Å². The van der Waals surface area contributed by atoms with Gasteiger partial charge in [-0.2, -0.15) is 0 Å². The van der Waals surface area contributed by atoms with Crippen molar-refractivity contribution in [1.82, 2.24) is 15.2 Å². The number of aromatic nitrogens is 1. The number of thiazole rings is 1. The van der Waals surface area contributed by atoms with Crippen molar-refractivity contribution >= 4 is 29.1 Å². The summed E-state index contributed by atoms with van der Waals surface area (Å²) in [4.78, 5) is 44.2. The second kappa shape index (κ2) is 9.17. The molecule has 0 atom stereocenters. The zero-order valence-electron chi connectivity index (χ0n) is 20.2. The summed E-state index contributed by atoms with van der Waals surface area (Å²) in [5, 5.41) is 5.88. The first-order valence-electron chi connectivity index (χ1n) is 11.6. The molecular formula is C29H25N3O3S. The smallest absolute Gasteiger partial charge is 0.262 e. The van der Waals surface area contributed by atoms with Gasteiger partial charge in [0.2, 0.25) is 0 Å². The number of carbonyl (C=O) groups excluding carboxylic acids is 3. The van der Waals surface area contributed by atoms with E-state index in [1.54, 1.807) is 23.5 Å². The van der Waals surface area contributed by atoms with E-state index < -0.39 is 5.54 Å². The number of benzene rings is 3. The molecule has 36 heavy (non-hydrogen) atoms. The molecule has 1 aliphatic rings. The number of amides is 3. The van der Waals surface area contributed by atoms with Gasteiger partial charge < -0.3 is 5.32 Å². The van der Waals surface area contributed by atoms with E-state index in [1.807, 2.05) is 75.4 Å². The quantitative estimate of drug-likeness (QED) is 0.355. The Kier molecular flexibility index (Phi) is 6.02. The Morgan fingerprint density at radius 1 is 0.889 bits per heavy atom. The highest BCUT2D eigenvalue weighted by atomic mass is 32.1. The van der Waals surface area contributed by atoms with Crippen LogP contribution < -0.4 is 5.32 Å². The summed E-state index contributed by atoms with van der Waals surface area (Å²) in [5.41, 5.74) is 4.31. The first kappa shape index (κ1) is 23.6. The molecule has 0 radical (unpaired) electrons. The predicted molar refractivity (Wildman–Crippen MR) is 141 cm³/mol. The largest absolute Gasteiger partial charge is 0.348 e. The molecule has 3 aromatic carbocycles. The van der Waals surface area contributed by atoms with E-state index >= 15 is 0 Å². The number of rotatable bonds is 5. The van der Waals surface area contributed by atoms with Gasteiger partial charge in [-0.25, -0.2) is 4.98 Å². The Balaban J connectivity index is 1.25. The summed E-state index contributed by atoms with van der Waals surface area (Å²) in [6.07, 6.45) is 0. The second-order valence-electron chi connectivity index (χ2n) is 9.66. The summed E-state index contributed by atoms with van der Waals surface area (Å²) in [7, 11) is 0. The average molecular weight is 496 g/mol. The van der Waals surface area contributed by atoms with E-state index in [4.69, 9.17) is 4.98 Å². The van der Waals surface area contributed by atoms with Crippen LogP contribution in [0.3, 0.4) is 0 Å². The predicted octanol–water partition coefficient (Wildman–Crippen LogP) is 5.80. The van der Waals surface area contributed by atoms with E-state index in [0.29, 0.717) is 17.7 Å². The molecule has 2 heterocycles. The molecule has 0 bridgehead atoms. The zero-order valence-corrected chi connectivity index (χ0v) is 21.1. The van der Waals surface area contributed by atoms with Gasteiger partial charge >= 0.3 is 0 Å². The summed E-state index contributed by atoms with van der Waals surface area (Å²) < 4.78 is 0. The SMILES string of the molecule is CC(C)(C)N1C(=O)c2ccc(C(=O)NCc3ccc(-c4nc(-c5ccccc5)cs4)cc3)cc2C1=O. The fourth-order valence-corrected chi connectivity index (χ4v) is 5.02. The van der Waals surface area contributed by atoms with Gasteiger partial charge in [0.15, 0.2) is 0 Å². The standard InChI is InChI=1S/C29H25N3O3S/c1-29(2,3)32-27(34)22-14-13-21(15-23(22)28(32)35)25(33)30-16-18-9-11-20(12-10-18)26-31-24(17-36-26)19-7-5-4-6-8-19/h4-15,17H,16H2,1-3H3,(H,30,33). The number of hydrogen-bond acceptors (Lipinski definition) is 5. The van der Waals surface area contributed by atoms with Crippen molar-refractivity contribution < 1.29 is 14.4 Å². The number of hydrogen-bond donors (Lipinski definition) is 1. The highest BCUT2D eigenvalue weighted by molar-refractivity contribution is 7.13. The third-order valence-corrected chi connectivity index (χ3v) is 6.94. The van der Waals surface area contributed by atoms with Crippen molar-refractivity contribution in [3.63, 3.8) is 0 Å².